The van der Waals surface area contributed by atoms with Crippen molar-refractivity contribution in [2.45, 2.75) is 0 Å². The van der Waals surface area contributed by atoms with Gasteiger partial charge in [-0.3, -0.25) is 9.48 Å². The molecule has 0 unspecified atom stereocenters. The number of aromatic nitrogens is 2. The average molecular weight is 260 g/mol. The summed E-state index contributed by atoms with van der Waals surface area (Å²) >= 11 is 0. The Morgan fingerprint density at radius 3 is 2.84 bits per heavy atom. The second-order valence-corrected chi connectivity index (χ2v) is 3.99. The van der Waals surface area contributed by atoms with Gasteiger partial charge in [0, 0.05) is 24.4 Å². The van der Waals surface area contributed by atoms with Crippen LogP contribution >= 0.6 is 0 Å². The van der Waals surface area contributed by atoms with Crippen LogP contribution in [0.4, 0.5) is 4.39 Å². The summed E-state index contributed by atoms with van der Waals surface area (Å²) in [6.45, 7) is 0. The molecule has 19 heavy (non-hydrogen) atoms. The number of hydrogen-bond acceptors (Lipinski definition) is 3. The molecular formula is C14H13FN2O2. The molecule has 0 saturated heterocycles. The standard InChI is InChI=1S/C14H13FN2O2/c1-17-9-10(8-16-17)3-5-13(18)11-4-6-14(19-2)12(15)7-11/h3-9H,1-2H3. The fourth-order valence-electron chi connectivity index (χ4n) is 1.61. The van der Waals surface area contributed by atoms with Gasteiger partial charge in [0.1, 0.15) is 0 Å². The van der Waals surface area contributed by atoms with Crippen molar-refractivity contribution in [2.75, 3.05) is 7.11 Å². The predicted molar refractivity (Wildman–Crippen MR) is 69.5 cm³/mol. The Bertz CT molecular complexity index is 632. The molecule has 5 heteroatoms. The molecule has 2 rings (SSSR count). The van der Waals surface area contributed by atoms with Gasteiger partial charge >= 0.3 is 0 Å². The van der Waals surface area contributed by atoms with Crippen molar-refractivity contribution in [2.24, 2.45) is 7.05 Å². The van der Waals surface area contributed by atoms with E-state index in [1.807, 2.05) is 0 Å². The van der Waals surface area contributed by atoms with Crippen molar-refractivity contribution in [1.82, 2.24) is 9.78 Å². The maximum Gasteiger partial charge on any atom is 0.185 e. The third kappa shape index (κ3) is 3.07. The molecule has 0 N–H and O–H groups in total. The molecule has 0 radical (unpaired) electrons. The highest BCUT2D eigenvalue weighted by Crippen LogP contribution is 2.18. The van der Waals surface area contributed by atoms with Gasteiger partial charge in [-0.1, -0.05) is 0 Å². The maximum absolute atomic E-state index is 13.5. The molecule has 0 bridgehead atoms. The number of halogens is 1. The number of allylic oxidation sites excluding steroid dienone is 1. The molecule has 0 spiro atoms. The van der Waals surface area contributed by atoms with Crippen LogP contribution < -0.4 is 4.74 Å². The summed E-state index contributed by atoms with van der Waals surface area (Å²) in [5.41, 5.74) is 1.09. The predicted octanol–water partition coefficient (Wildman–Crippen LogP) is 2.46. The largest absolute Gasteiger partial charge is 0.494 e. The monoisotopic (exact) mass is 260 g/mol. The highest BCUT2D eigenvalue weighted by molar-refractivity contribution is 6.06. The maximum atomic E-state index is 13.5. The van der Waals surface area contributed by atoms with E-state index in [1.54, 1.807) is 30.2 Å². The molecule has 0 atom stereocenters. The number of carbonyl (C=O) groups is 1. The van der Waals surface area contributed by atoms with E-state index in [2.05, 4.69) is 5.10 Å². The molecule has 0 amide bonds. The number of methoxy groups -OCH3 is 1. The summed E-state index contributed by atoms with van der Waals surface area (Å²) in [4.78, 5) is 11.9. The van der Waals surface area contributed by atoms with E-state index in [-0.39, 0.29) is 17.1 Å². The third-order valence-electron chi connectivity index (χ3n) is 2.59. The van der Waals surface area contributed by atoms with Crippen LogP contribution in [0.2, 0.25) is 0 Å². The second-order valence-electron chi connectivity index (χ2n) is 3.99. The fourth-order valence-corrected chi connectivity index (χ4v) is 1.61. The van der Waals surface area contributed by atoms with Crippen LogP contribution in [-0.4, -0.2) is 22.7 Å². The molecule has 0 fully saturated rings. The summed E-state index contributed by atoms with van der Waals surface area (Å²) in [6.07, 6.45) is 6.44. The van der Waals surface area contributed by atoms with E-state index in [0.717, 1.165) is 11.6 Å². The zero-order chi connectivity index (χ0) is 13.8. The van der Waals surface area contributed by atoms with Gasteiger partial charge in [0.25, 0.3) is 0 Å². The first kappa shape index (κ1) is 13.0. The minimum Gasteiger partial charge on any atom is -0.494 e. The molecule has 98 valence electrons. The second kappa shape index (κ2) is 5.48. The normalized spacial score (nSPS) is 10.9. The van der Waals surface area contributed by atoms with Crippen molar-refractivity contribution in [1.29, 1.82) is 0 Å². The molecular weight excluding hydrogens is 247 g/mol. The number of benzene rings is 1. The lowest BCUT2D eigenvalue weighted by atomic mass is 10.1. The number of aryl methyl sites for hydroxylation is 1. The van der Waals surface area contributed by atoms with Gasteiger partial charge in [-0.2, -0.15) is 5.10 Å². The number of hydrogen-bond donors (Lipinski definition) is 0. The Labute approximate surface area is 110 Å². The van der Waals surface area contributed by atoms with Crippen LogP contribution in [0.5, 0.6) is 5.75 Å². The van der Waals surface area contributed by atoms with E-state index in [9.17, 15) is 9.18 Å². The lowest BCUT2D eigenvalue weighted by Gasteiger charge is -2.02. The molecule has 1 heterocycles. The van der Waals surface area contributed by atoms with Crippen LogP contribution in [0, 0.1) is 5.82 Å². The average Bonchev–Trinajstić information content (AvgIpc) is 2.81. The van der Waals surface area contributed by atoms with Crippen molar-refractivity contribution in [3.8, 4) is 5.75 Å². The van der Waals surface area contributed by atoms with Gasteiger partial charge < -0.3 is 4.74 Å². The Balaban J connectivity index is 2.16. The van der Waals surface area contributed by atoms with Gasteiger partial charge in [0.05, 0.1) is 13.3 Å². The minimum absolute atomic E-state index is 0.118. The molecule has 0 aliphatic rings. The number of nitrogens with zero attached hydrogens (tertiary/aromatic N) is 2. The van der Waals surface area contributed by atoms with Crippen molar-refractivity contribution in [3.05, 3.63) is 53.6 Å². The SMILES string of the molecule is COc1ccc(C(=O)C=Cc2cnn(C)c2)cc1F. The van der Waals surface area contributed by atoms with E-state index >= 15 is 0 Å². The van der Waals surface area contributed by atoms with E-state index in [4.69, 9.17) is 4.74 Å². The van der Waals surface area contributed by atoms with Crippen LogP contribution in [-0.2, 0) is 7.05 Å². The van der Waals surface area contributed by atoms with Gasteiger partial charge in [0.2, 0.25) is 0 Å². The molecule has 0 saturated carbocycles. The summed E-state index contributed by atoms with van der Waals surface area (Å²) in [6, 6.07) is 4.12. The Morgan fingerprint density at radius 1 is 1.47 bits per heavy atom. The van der Waals surface area contributed by atoms with Crippen LogP contribution in [0.25, 0.3) is 6.08 Å². The number of carbonyl (C=O) groups excluding carboxylic acids is 1. The van der Waals surface area contributed by atoms with Crippen molar-refractivity contribution in [3.63, 3.8) is 0 Å². The Kier molecular flexibility index (Phi) is 3.75. The minimum atomic E-state index is -0.553. The van der Waals surface area contributed by atoms with Crippen LogP contribution in [0.3, 0.4) is 0 Å². The smallest absolute Gasteiger partial charge is 0.185 e. The lowest BCUT2D eigenvalue weighted by molar-refractivity contribution is 0.104. The van der Waals surface area contributed by atoms with E-state index < -0.39 is 5.82 Å². The molecule has 1 aromatic carbocycles. The first-order valence-electron chi connectivity index (χ1n) is 5.65. The third-order valence-corrected chi connectivity index (χ3v) is 2.59. The Hall–Kier alpha value is -2.43. The number of ketones is 1. The number of rotatable bonds is 4. The van der Waals surface area contributed by atoms with Crippen molar-refractivity contribution >= 4 is 11.9 Å². The highest BCUT2D eigenvalue weighted by atomic mass is 19.1. The lowest BCUT2D eigenvalue weighted by Crippen LogP contribution is -1.96. The van der Waals surface area contributed by atoms with Gasteiger partial charge in [-0.05, 0) is 30.4 Å². The summed E-state index contributed by atoms with van der Waals surface area (Å²) in [7, 11) is 3.17. The zero-order valence-corrected chi connectivity index (χ0v) is 10.6. The van der Waals surface area contributed by atoms with Gasteiger partial charge in [-0.25, -0.2) is 4.39 Å². The first-order valence-corrected chi connectivity index (χ1v) is 5.65. The van der Waals surface area contributed by atoms with E-state index in [1.165, 1.54) is 25.3 Å². The summed E-state index contributed by atoms with van der Waals surface area (Å²) < 4.78 is 19.9. The Morgan fingerprint density at radius 2 is 2.26 bits per heavy atom. The molecule has 0 aliphatic carbocycles. The van der Waals surface area contributed by atoms with Crippen molar-refractivity contribution < 1.29 is 13.9 Å². The van der Waals surface area contributed by atoms with Crippen LogP contribution in [0.1, 0.15) is 15.9 Å². The van der Waals surface area contributed by atoms with Gasteiger partial charge in [0.15, 0.2) is 17.3 Å². The van der Waals surface area contributed by atoms with E-state index in [0.29, 0.717) is 0 Å². The first-order chi connectivity index (χ1) is 9.10. The highest BCUT2D eigenvalue weighted by Gasteiger charge is 2.07. The fraction of sp³-hybridized carbons (Fsp3) is 0.143. The summed E-state index contributed by atoms with van der Waals surface area (Å²) in [5.74, 6) is -0.707. The molecule has 0 aliphatic heterocycles. The summed E-state index contributed by atoms with van der Waals surface area (Å²) in [5, 5.41) is 3.98. The molecule has 4 nitrogen and oxygen atoms in total. The number of ether oxygens (including phenoxy) is 1. The van der Waals surface area contributed by atoms with Crippen LogP contribution in [0.15, 0.2) is 36.7 Å². The molecule has 2 aromatic rings. The topological polar surface area (TPSA) is 44.1 Å². The zero-order valence-electron chi connectivity index (χ0n) is 10.6. The van der Waals surface area contributed by atoms with Gasteiger partial charge in [-0.15, -0.1) is 0 Å². The quantitative estimate of drug-likeness (QED) is 0.626. The molecule has 1 aromatic heterocycles.